The zero-order valence-electron chi connectivity index (χ0n) is 37.5. The number of halogens is 1. The van der Waals surface area contributed by atoms with Crippen LogP contribution in [-0.2, 0) is 21.0 Å². The minimum Gasteiger partial charge on any atom is -0.455 e. The smallest absolute Gasteiger partial charge is 0.273 e. The molecule has 4 heterocycles. The van der Waals surface area contributed by atoms with Crippen molar-refractivity contribution in [1.29, 1.82) is 0 Å². The minimum atomic E-state index is -4.62. The van der Waals surface area contributed by atoms with Crippen LogP contribution in [0.5, 0.6) is 11.5 Å². The molecule has 2 aliphatic heterocycles. The van der Waals surface area contributed by atoms with E-state index >= 15 is 0 Å². The largest absolute Gasteiger partial charge is 0.455 e. The van der Waals surface area contributed by atoms with E-state index in [0.717, 1.165) is 61.1 Å². The van der Waals surface area contributed by atoms with E-state index < -0.39 is 38.6 Å². The molecule has 3 aromatic carbocycles. The number of aliphatic hydroxyl groups is 1. The molecule has 66 heavy (non-hydrogen) atoms. The van der Waals surface area contributed by atoms with Gasteiger partial charge < -0.3 is 29.2 Å². The average Bonchev–Trinajstić information content (AvgIpc) is 3.76. The van der Waals surface area contributed by atoms with Gasteiger partial charge in [-0.1, -0.05) is 49.2 Å². The maximum atomic E-state index is 14.0. The van der Waals surface area contributed by atoms with E-state index in [1.807, 2.05) is 18.2 Å². The number of nitrogens with one attached hydrogen (secondary N) is 2. The fourth-order valence-electron chi connectivity index (χ4n) is 9.24. The lowest BCUT2D eigenvalue weighted by molar-refractivity contribution is -0.385. The van der Waals surface area contributed by atoms with Crippen LogP contribution in [0.15, 0.2) is 95.7 Å². The van der Waals surface area contributed by atoms with Crippen LogP contribution in [0.3, 0.4) is 0 Å². The third kappa shape index (κ3) is 11.4. The Morgan fingerprint density at radius 2 is 1.76 bits per heavy atom. The van der Waals surface area contributed by atoms with Crippen molar-refractivity contribution in [2.24, 2.45) is 11.3 Å². The Balaban J connectivity index is 0.993. The van der Waals surface area contributed by atoms with Gasteiger partial charge >= 0.3 is 0 Å². The van der Waals surface area contributed by atoms with Gasteiger partial charge in [-0.05, 0) is 97.3 Å². The number of fused-ring (bicyclic) bond motifs is 1. The van der Waals surface area contributed by atoms with Crippen LogP contribution in [0, 0.1) is 21.4 Å². The van der Waals surface area contributed by atoms with Gasteiger partial charge in [0.15, 0.2) is 0 Å². The van der Waals surface area contributed by atoms with Crippen LogP contribution < -0.4 is 14.4 Å². The van der Waals surface area contributed by atoms with Crippen molar-refractivity contribution in [3.8, 4) is 11.5 Å². The summed E-state index contributed by atoms with van der Waals surface area (Å²) < 4.78 is 48.5. The normalized spacial score (nSPS) is 18.6. The summed E-state index contributed by atoms with van der Waals surface area (Å²) in [5.74, 6) is -0.921. The third-order valence-electron chi connectivity index (χ3n) is 13.2. The summed E-state index contributed by atoms with van der Waals surface area (Å²) in [6, 6.07) is 20.3. The number of nitro groups is 1. The molecule has 2 aromatic heterocycles. The molecule has 2 fully saturated rings. The second-order valence-electron chi connectivity index (χ2n) is 18.8. The van der Waals surface area contributed by atoms with E-state index in [1.165, 1.54) is 41.1 Å². The number of nitrogens with zero attached hydrogens (tertiary/aromatic N) is 5. The van der Waals surface area contributed by atoms with Crippen molar-refractivity contribution < 1.29 is 32.5 Å². The lowest BCUT2D eigenvalue weighted by Crippen LogP contribution is -2.47. The molecule has 0 spiro atoms. The second-order valence-corrected chi connectivity index (χ2v) is 24.4. The number of sulfonamides is 1. The molecule has 8 rings (SSSR count). The van der Waals surface area contributed by atoms with Gasteiger partial charge in [0.1, 0.15) is 17.1 Å². The minimum absolute atomic E-state index is 0.0638. The van der Waals surface area contributed by atoms with Gasteiger partial charge in [-0.2, -0.15) is 0 Å². The maximum absolute atomic E-state index is 14.0. The number of carbonyl (C=O) groups excluding carboxylic acids is 1. The van der Waals surface area contributed by atoms with E-state index in [2.05, 4.69) is 55.4 Å². The number of benzene rings is 3. The number of allylic oxidation sites excluding steroid dienone is 1. The number of aliphatic hydroxyl groups excluding tert-OH is 1. The molecule has 1 aliphatic carbocycles. The Bertz CT molecular complexity index is 2800. The number of amides is 1. The first-order chi connectivity index (χ1) is 31.4. The van der Waals surface area contributed by atoms with Crippen LogP contribution in [0.4, 0.5) is 11.4 Å². The van der Waals surface area contributed by atoms with Crippen molar-refractivity contribution in [2.45, 2.75) is 44.4 Å². The zero-order valence-corrected chi connectivity index (χ0v) is 40.0. The topological polar surface area (TPSA) is 191 Å². The first-order valence-corrected chi connectivity index (χ1v) is 26.8. The van der Waals surface area contributed by atoms with Gasteiger partial charge in [-0.15, -0.1) is 0 Å². The Labute approximate surface area is 390 Å². The molecular formula is C48H57ClN7O8PS. The number of rotatable bonds is 15. The SMILES string of the molecule is CC1(C)CCC(CN2CCN(c3ccc(C(=O)NS(=O)(=O)c4ccc(CC(CO)CN5CCP(C)(=O)CC5)c([N+](=O)[O-])c4)c(Oc4cnc5[nH]ccc5c4)c3)CC2)=C(c2ccc(Cl)cc2)C1. The van der Waals surface area contributed by atoms with E-state index in [0.29, 0.717) is 56.4 Å². The second kappa shape index (κ2) is 19.6. The van der Waals surface area contributed by atoms with Crippen molar-refractivity contribution in [3.05, 3.63) is 123 Å². The number of piperazine rings is 1. The Kier molecular flexibility index (Phi) is 14.1. The Morgan fingerprint density at radius 3 is 2.47 bits per heavy atom. The van der Waals surface area contributed by atoms with Crippen LogP contribution in [-0.4, -0.2) is 122 Å². The molecule has 0 radical (unpaired) electrons. The number of pyridine rings is 1. The van der Waals surface area contributed by atoms with Crippen LogP contribution >= 0.6 is 18.7 Å². The highest BCUT2D eigenvalue weighted by Gasteiger charge is 2.32. The third-order valence-corrected chi connectivity index (χ3v) is 17.1. The zero-order chi connectivity index (χ0) is 46.8. The fraction of sp³-hybridized carbons (Fsp3) is 0.417. The number of hydrogen-bond donors (Lipinski definition) is 3. The Morgan fingerprint density at radius 1 is 1.02 bits per heavy atom. The average molecular weight is 959 g/mol. The van der Waals surface area contributed by atoms with Crippen molar-refractivity contribution in [3.63, 3.8) is 0 Å². The van der Waals surface area contributed by atoms with Crippen molar-refractivity contribution >= 4 is 62.7 Å². The molecule has 1 amide bonds. The summed E-state index contributed by atoms with van der Waals surface area (Å²) >= 11 is 6.25. The predicted molar refractivity (Wildman–Crippen MR) is 259 cm³/mol. The summed E-state index contributed by atoms with van der Waals surface area (Å²) in [6.07, 6.45) is 7.69. The fourth-order valence-corrected chi connectivity index (χ4v) is 12.0. The summed E-state index contributed by atoms with van der Waals surface area (Å²) in [5.41, 5.74) is 5.47. The molecule has 0 bridgehead atoms. The number of anilines is 1. The molecule has 350 valence electrons. The van der Waals surface area contributed by atoms with Gasteiger partial charge in [0.25, 0.3) is 21.6 Å². The molecule has 1 atom stereocenters. The Hall–Kier alpha value is -5.09. The number of carbonyl (C=O) groups is 1. The molecule has 15 nitrogen and oxygen atoms in total. The number of hydrogen-bond acceptors (Lipinski definition) is 12. The molecule has 0 saturated carbocycles. The molecule has 1 unspecified atom stereocenters. The quantitative estimate of drug-likeness (QED) is 0.0518. The first kappa shape index (κ1) is 47.4. The molecule has 3 N–H and O–H groups in total. The lowest BCUT2D eigenvalue weighted by atomic mass is 9.72. The number of aromatic amines is 1. The summed E-state index contributed by atoms with van der Waals surface area (Å²) in [6.45, 7) is 11.8. The molecule has 18 heteroatoms. The van der Waals surface area contributed by atoms with Crippen LogP contribution in [0.25, 0.3) is 16.6 Å². The van der Waals surface area contributed by atoms with Gasteiger partial charge in [-0.25, -0.2) is 18.1 Å². The van der Waals surface area contributed by atoms with E-state index in [4.69, 9.17) is 16.3 Å². The number of ether oxygens (including phenoxy) is 1. The van der Waals surface area contributed by atoms with Crippen LogP contribution in [0.1, 0.15) is 54.6 Å². The monoisotopic (exact) mass is 957 g/mol. The molecule has 5 aromatic rings. The highest BCUT2D eigenvalue weighted by molar-refractivity contribution is 7.90. The van der Waals surface area contributed by atoms with Crippen LogP contribution in [0.2, 0.25) is 5.02 Å². The molecule has 2 saturated heterocycles. The summed E-state index contributed by atoms with van der Waals surface area (Å²) in [5, 5.41) is 24.0. The summed E-state index contributed by atoms with van der Waals surface area (Å²) in [4.78, 5) is 39.4. The van der Waals surface area contributed by atoms with Gasteiger partial charge in [0.05, 0.1) is 28.7 Å². The lowest BCUT2D eigenvalue weighted by Gasteiger charge is -2.39. The summed E-state index contributed by atoms with van der Waals surface area (Å²) in [7, 11) is -6.79. The van der Waals surface area contributed by atoms with E-state index in [9.17, 15) is 33.0 Å². The number of nitro benzene ring substituents is 1. The standard InChI is InChI=1S/C48H57ClN7O8PS/c1-48(2)14-12-37(43(28-48)34-4-7-38(49)8-5-34)31-53-16-18-55(19-17-53)39-9-11-42(45(26-39)64-40-25-36-13-15-50-46(36)51-29-40)47(58)52-66(62,63)41-10-6-35(44(27-41)56(59)60)24-33(32-57)30-54-20-22-65(3,61)23-21-54/h4-11,13,15,25-27,29,33,57H,12,14,16-24,28,30-32H2,1-3H3,(H,50,51)(H,52,58). The molecular weight excluding hydrogens is 901 g/mol. The van der Waals surface area contributed by atoms with Gasteiger partial charge in [0, 0.05) is 111 Å². The highest BCUT2D eigenvalue weighted by atomic mass is 35.5. The van der Waals surface area contributed by atoms with Gasteiger partial charge in [-0.3, -0.25) is 19.8 Å². The van der Waals surface area contributed by atoms with Gasteiger partial charge in [0.2, 0.25) is 0 Å². The van der Waals surface area contributed by atoms with Crippen molar-refractivity contribution in [2.75, 3.05) is 82.9 Å². The van der Waals surface area contributed by atoms with E-state index in [1.54, 1.807) is 31.1 Å². The molecule has 3 aliphatic rings. The number of H-pyrrole nitrogens is 1. The maximum Gasteiger partial charge on any atom is 0.273 e. The van der Waals surface area contributed by atoms with E-state index in [-0.39, 0.29) is 41.2 Å². The first-order valence-electron chi connectivity index (χ1n) is 22.4. The number of aromatic nitrogens is 2. The van der Waals surface area contributed by atoms with Crippen molar-refractivity contribution in [1.82, 2.24) is 24.5 Å². The predicted octanol–water partition coefficient (Wildman–Crippen LogP) is 8.28. The highest BCUT2D eigenvalue weighted by Crippen LogP contribution is 2.44.